The second-order valence-electron chi connectivity index (χ2n) is 15.9. The standard InChI is InChI=1S/C38H37ClF5N7O2S/c39-24-12-22-29(28(42)27(24)21-4-5-25(41)30-26(21)23(14-45)31(46)54-30)47-35(53-19-37-7-3-11-51(37)15-20(40)13-37)48-32(22)49-10-2-1-6-36(16-49)17-50(18-36)34(52)38(8-9-38)33(43)44/h4-5,12,20,33H,1-3,6-11,13,15-19,46H2/t20-,37+/m1/s1. The van der Waals surface area contributed by atoms with Crippen LogP contribution in [0, 0.1) is 33.8 Å². The van der Waals surface area contributed by atoms with E-state index in [2.05, 4.69) is 9.88 Å². The molecule has 2 aromatic heterocycles. The third-order valence-electron chi connectivity index (χ3n) is 12.5. The molecule has 2 N–H and O–H groups in total. The van der Waals surface area contributed by atoms with Crippen molar-refractivity contribution in [3.05, 3.63) is 40.4 Å². The number of hydrogen-bond donors (Lipinski definition) is 1. The number of benzene rings is 2. The highest BCUT2D eigenvalue weighted by Crippen LogP contribution is 2.54. The SMILES string of the molecule is N#Cc1c(N)sc2c(F)ccc(-c3c(Cl)cc4c(N5CCCCC6(CN(C(=O)C7(C(F)F)CC7)C6)C5)nc(OC[C@@]56CCCN5C[C@H](F)C6)nc4c3F)c12. The fourth-order valence-electron chi connectivity index (χ4n) is 9.56. The number of ether oxygens (including phenoxy) is 1. The number of amides is 1. The zero-order valence-corrected chi connectivity index (χ0v) is 30.8. The van der Waals surface area contributed by atoms with Gasteiger partial charge in [-0.15, -0.1) is 11.3 Å². The first kappa shape index (κ1) is 35.7. The van der Waals surface area contributed by atoms with E-state index in [9.17, 15) is 27.6 Å². The van der Waals surface area contributed by atoms with Crippen molar-refractivity contribution in [3.8, 4) is 23.2 Å². The lowest BCUT2D eigenvalue weighted by Gasteiger charge is -2.52. The average molecular weight is 786 g/mol. The van der Waals surface area contributed by atoms with Gasteiger partial charge in [0.15, 0.2) is 5.82 Å². The summed E-state index contributed by atoms with van der Waals surface area (Å²) in [6.45, 7) is 2.79. The summed E-state index contributed by atoms with van der Waals surface area (Å²) in [5.41, 5.74) is 3.59. The smallest absolute Gasteiger partial charge is 0.319 e. The molecule has 4 saturated heterocycles. The molecule has 1 saturated carbocycles. The molecule has 6 heterocycles. The molecule has 5 aliphatic rings. The van der Waals surface area contributed by atoms with Gasteiger partial charge in [0, 0.05) is 60.9 Å². The van der Waals surface area contributed by atoms with Crippen LogP contribution in [0.4, 0.5) is 32.8 Å². The number of nitriles is 1. The molecule has 0 bridgehead atoms. The van der Waals surface area contributed by atoms with Crippen molar-refractivity contribution in [2.75, 3.05) is 56.5 Å². The van der Waals surface area contributed by atoms with E-state index in [1.807, 2.05) is 11.0 Å². The summed E-state index contributed by atoms with van der Waals surface area (Å²) in [6, 6.07) is 6.01. The van der Waals surface area contributed by atoms with Crippen LogP contribution in [0.15, 0.2) is 18.2 Å². The molecule has 1 amide bonds. The highest BCUT2D eigenvalue weighted by Gasteiger charge is 2.62. The van der Waals surface area contributed by atoms with Gasteiger partial charge in [-0.05, 0) is 62.8 Å². The van der Waals surface area contributed by atoms with Crippen molar-refractivity contribution in [3.63, 3.8) is 0 Å². The number of carbonyl (C=O) groups excluding carboxylic acids is 1. The van der Waals surface area contributed by atoms with E-state index in [0.29, 0.717) is 50.3 Å². The van der Waals surface area contributed by atoms with Crippen molar-refractivity contribution >= 4 is 60.7 Å². The number of alkyl halides is 3. The lowest BCUT2D eigenvalue weighted by Crippen LogP contribution is -2.63. The third kappa shape index (κ3) is 5.49. The number of likely N-dealkylation sites (tertiary alicyclic amines) is 1. The Morgan fingerprint density at radius 1 is 1.11 bits per heavy atom. The Morgan fingerprint density at radius 2 is 1.91 bits per heavy atom. The third-order valence-corrected chi connectivity index (χ3v) is 13.8. The molecule has 2 atom stereocenters. The van der Waals surface area contributed by atoms with Crippen molar-refractivity contribution in [1.29, 1.82) is 5.26 Å². The molecule has 54 heavy (non-hydrogen) atoms. The summed E-state index contributed by atoms with van der Waals surface area (Å²) < 4.78 is 80.9. The molecule has 9 nitrogen and oxygen atoms in total. The number of anilines is 2. The van der Waals surface area contributed by atoms with E-state index in [1.54, 1.807) is 11.0 Å². The van der Waals surface area contributed by atoms with E-state index in [1.165, 1.54) is 12.1 Å². The number of hydrogen-bond acceptors (Lipinski definition) is 9. The van der Waals surface area contributed by atoms with Crippen LogP contribution < -0.4 is 15.4 Å². The van der Waals surface area contributed by atoms with Crippen molar-refractivity contribution in [1.82, 2.24) is 19.8 Å². The van der Waals surface area contributed by atoms with E-state index in [4.69, 9.17) is 27.1 Å². The maximum Gasteiger partial charge on any atom is 0.319 e. The van der Waals surface area contributed by atoms with Crippen LogP contribution >= 0.6 is 22.9 Å². The molecular formula is C38H37ClF5N7O2S. The molecule has 2 aromatic carbocycles. The lowest BCUT2D eigenvalue weighted by molar-refractivity contribution is -0.155. The van der Waals surface area contributed by atoms with Crippen molar-refractivity contribution in [2.45, 2.75) is 69.5 Å². The summed E-state index contributed by atoms with van der Waals surface area (Å²) >= 11 is 7.81. The van der Waals surface area contributed by atoms with Crippen molar-refractivity contribution < 1.29 is 31.5 Å². The van der Waals surface area contributed by atoms with Gasteiger partial charge in [0.05, 0.1) is 20.8 Å². The lowest BCUT2D eigenvalue weighted by atomic mass is 9.75. The molecule has 16 heteroatoms. The molecule has 0 unspecified atom stereocenters. The van der Waals surface area contributed by atoms with Gasteiger partial charge in [-0.3, -0.25) is 9.69 Å². The monoisotopic (exact) mass is 785 g/mol. The van der Waals surface area contributed by atoms with E-state index in [-0.39, 0.29) is 73.2 Å². The summed E-state index contributed by atoms with van der Waals surface area (Å²) in [4.78, 5) is 28.2. The maximum atomic E-state index is 17.2. The van der Waals surface area contributed by atoms with E-state index in [0.717, 1.165) is 50.0 Å². The number of aromatic nitrogens is 2. The van der Waals surface area contributed by atoms with E-state index >= 15 is 4.39 Å². The second kappa shape index (κ2) is 12.8. The first-order valence-corrected chi connectivity index (χ1v) is 19.5. The van der Waals surface area contributed by atoms with Gasteiger partial charge < -0.3 is 20.3 Å². The highest BCUT2D eigenvalue weighted by atomic mass is 35.5. The van der Waals surface area contributed by atoms with Crippen molar-refractivity contribution in [2.24, 2.45) is 10.8 Å². The minimum atomic E-state index is -2.70. The van der Waals surface area contributed by atoms with Gasteiger partial charge in [-0.25, -0.2) is 22.0 Å². The number of rotatable bonds is 7. The van der Waals surface area contributed by atoms with Crippen LogP contribution in [0.5, 0.6) is 6.01 Å². The molecule has 4 aromatic rings. The van der Waals surface area contributed by atoms with Crippen LogP contribution in [0.25, 0.3) is 32.1 Å². The van der Waals surface area contributed by atoms with Gasteiger partial charge in [0.1, 0.15) is 46.4 Å². The van der Waals surface area contributed by atoms with Crippen LogP contribution in [0.2, 0.25) is 5.02 Å². The van der Waals surface area contributed by atoms with Crippen LogP contribution in [0.1, 0.15) is 56.9 Å². The Morgan fingerprint density at radius 3 is 2.65 bits per heavy atom. The zero-order chi connectivity index (χ0) is 37.7. The number of nitrogen functional groups attached to an aromatic ring is 1. The predicted molar refractivity (Wildman–Crippen MR) is 196 cm³/mol. The normalized spacial score (nSPS) is 24.6. The number of thiophene rings is 1. The van der Waals surface area contributed by atoms with E-state index < -0.39 is 41.1 Å². The van der Waals surface area contributed by atoms with Crippen LogP contribution in [-0.4, -0.2) is 89.7 Å². The number of carbonyl (C=O) groups is 1. The Bertz CT molecular complexity index is 2260. The predicted octanol–water partition coefficient (Wildman–Crippen LogP) is 7.72. The summed E-state index contributed by atoms with van der Waals surface area (Å²) in [7, 11) is 0. The quantitative estimate of drug-likeness (QED) is 0.190. The highest BCUT2D eigenvalue weighted by molar-refractivity contribution is 7.23. The molecule has 5 fully saturated rings. The molecule has 9 rings (SSSR count). The minimum absolute atomic E-state index is 0.0135. The zero-order valence-electron chi connectivity index (χ0n) is 29.2. The summed E-state index contributed by atoms with van der Waals surface area (Å²) in [6.07, 6.45) is 0.999. The Balaban J connectivity index is 1.13. The van der Waals surface area contributed by atoms with Gasteiger partial charge in [0.2, 0.25) is 5.91 Å². The first-order chi connectivity index (χ1) is 25.9. The van der Waals surface area contributed by atoms with Gasteiger partial charge in [-0.1, -0.05) is 24.1 Å². The van der Waals surface area contributed by atoms with Gasteiger partial charge in [0.25, 0.3) is 6.43 Å². The first-order valence-electron chi connectivity index (χ1n) is 18.3. The minimum Gasteiger partial charge on any atom is -0.461 e. The molecule has 284 valence electrons. The molecule has 1 spiro atoms. The number of fused-ring (bicyclic) bond motifs is 3. The molecule has 4 aliphatic heterocycles. The van der Waals surface area contributed by atoms with Gasteiger partial charge >= 0.3 is 6.01 Å². The Hall–Kier alpha value is -4.00. The average Bonchev–Trinajstić information content (AvgIpc) is 3.71. The molecule has 0 radical (unpaired) electrons. The van der Waals surface area contributed by atoms with Crippen LogP contribution in [0.3, 0.4) is 0 Å². The topological polar surface area (TPSA) is 112 Å². The fraction of sp³-hybridized carbons (Fsp3) is 0.526. The maximum absolute atomic E-state index is 17.2. The summed E-state index contributed by atoms with van der Waals surface area (Å²) in [5.74, 6) is -1.57. The van der Waals surface area contributed by atoms with Gasteiger partial charge in [-0.2, -0.15) is 15.2 Å². The fourth-order valence-corrected chi connectivity index (χ4v) is 10.8. The number of nitrogens with two attached hydrogens (primary N) is 1. The van der Waals surface area contributed by atoms with Crippen LogP contribution in [-0.2, 0) is 4.79 Å². The second-order valence-corrected chi connectivity index (χ2v) is 17.3. The molecule has 1 aliphatic carbocycles. The number of halogens is 6. The Labute approximate surface area is 316 Å². The largest absolute Gasteiger partial charge is 0.461 e. The number of nitrogens with zero attached hydrogens (tertiary/aromatic N) is 6. The molecular weight excluding hydrogens is 749 g/mol. The Kier molecular flexibility index (Phi) is 8.44. The summed E-state index contributed by atoms with van der Waals surface area (Å²) in [5, 5.41) is 10.4.